The maximum absolute atomic E-state index is 12.8. The van der Waals surface area contributed by atoms with Gasteiger partial charge in [0.05, 0.1) is 11.1 Å². The Kier molecular flexibility index (Phi) is 13.3. The lowest BCUT2D eigenvalue weighted by Crippen LogP contribution is -2.43. The van der Waals surface area contributed by atoms with Crippen LogP contribution in [0.2, 0.25) is 0 Å². The first-order chi connectivity index (χ1) is 23.4. The Morgan fingerprint density at radius 2 is 1.60 bits per heavy atom. The summed E-state index contributed by atoms with van der Waals surface area (Å²) in [4.78, 5) is 36.6. The molecule has 7 rings (SSSR count). The van der Waals surface area contributed by atoms with Crippen molar-refractivity contribution >= 4 is 45.3 Å². The second kappa shape index (κ2) is 17.6. The Hall–Kier alpha value is -4.50. The van der Waals surface area contributed by atoms with Crippen LogP contribution in [0.15, 0.2) is 70.0 Å². The van der Waals surface area contributed by atoms with Gasteiger partial charge in [-0.05, 0) is 54.3 Å². The molecule has 1 aliphatic carbocycles. The molecule has 2 aromatic carbocycles. The van der Waals surface area contributed by atoms with Crippen molar-refractivity contribution in [1.29, 1.82) is 0 Å². The summed E-state index contributed by atoms with van der Waals surface area (Å²) >= 11 is 0. The number of fused-ring (bicyclic) bond motifs is 2. The maximum atomic E-state index is 12.8. The number of piperazine rings is 1. The standard InChI is InChI=1S/C32H32N6O3.C3H8.2C2H6.H2/c1-20(39)27-16-23-19-34-32(36-31(23)38(27)25-4-2-3-5-25)35-24-9-6-21(7-10-24)22-8-11-26-28(40)18-30(41-29(26)17-22)37-14-12-33-13-15-37;1-3-2;2*1-2;/h6-11,16-19,25,33H,2-5,12-15H2,1H3,(H,34,35,36);3H2,1-2H3;2*1-2H3;1H. The van der Waals surface area contributed by atoms with Gasteiger partial charge in [-0.2, -0.15) is 4.98 Å². The molecule has 258 valence electrons. The van der Waals surface area contributed by atoms with E-state index in [-0.39, 0.29) is 12.6 Å². The highest BCUT2D eigenvalue weighted by atomic mass is 16.4. The van der Waals surface area contributed by atoms with E-state index in [1.807, 2.05) is 76.2 Å². The van der Waals surface area contributed by atoms with Gasteiger partial charge in [0.15, 0.2) is 17.1 Å². The fourth-order valence-electron chi connectivity index (χ4n) is 6.11. The van der Waals surface area contributed by atoms with E-state index >= 15 is 0 Å². The molecule has 0 atom stereocenters. The number of ketones is 1. The molecule has 0 unspecified atom stereocenters. The normalized spacial score (nSPS) is 14.4. The molecule has 9 heteroatoms. The monoisotopic (exact) mass is 654 g/mol. The molecule has 1 saturated heterocycles. The predicted molar refractivity (Wildman–Crippen MR) is 202 cm³/mol. The van der Waals surface area contributed by atoms with E-state index in [2.05, 4.69) is 38.9 Å². The van der Waals surface area contributed by atoms with Crippen LogP contribution in [0.1, 0.15) is 98.5 Å². The third-order valence-electron chi connectivity index (χ3n) is 8.25. The molecule has 4 heterocycles. The van der Waals surface area contributed by atoms with Gasteiger partial charge in [0.1, 0.15) is 11.2 Å². The van der Waals surface area contributed by atoms with E-state index < -0.39 is 0 Å². The highest BCUT2D eigenvalue weighted by Gasteiger charge is 2.24. The Bertz CT molecular complexity index is 1840. The highest BCUT2D eigenvalue weighted by Crippen LogP contribution is 2.35. The van der Waals surface area contributed by atoms with Crippen molar-refractivity contribution in [2.24, 2.45) is 0 Å². The fraction of sp³-hybridized carbons (Fsp3) is 0.436. The van der Waals surface area contributed by atoms with Crippen LogP contribution in [0.3, 0.4) is 0 Å². The zero-order valence-electron chi connectivity index (χ0n) is 29.7. The molecule has 0 amide bonds. The van der Waals surface area contributed by atoms with E-state index in [0.29, 0.717) is 34.5 Å². The summed E-state index contributed by atoms with van der Waals surface area (Å²) in [6.07, 6.45) is 7.51. The summed E-state index contributed by atoms with van der Waals surface area (Å²) in [5.41, 5.74) is 4.88. The summed E-state index contributed by atoms with van der Waals surface area (Å²) in [5.74, 6) is 1.16. The first-order valence-electron chi connectivity index (χ1n) is 17.7. The lowest BCUT2D eigenvalue weighted by molar-refractivity contribution is 0.100. The van der Waals surface area contributed by atoms with Crippen LogP contribution in [0.4, 0.5) is 17.5 Å². The molecule has 5 aromatic rings. The Morgan fingerprint density at radius 3 is 2.25 bits per heavy atom. The van der Waals surface area contributed by atoms with E-state index in [9.17, 15) is 9.59 Å². The summed E-state index contributed by atoms with van der Waals surface area (Å²) in [7, 11) is 0. The van der Waals surface area contributed by atoms with Gasteiger partial charge in [0.25, 0.3) is 0 Å². The van der Waals surface area contributed by atoms with Crippen molar-refractivity contribution in [3.63, 3.8) is 0 Å². The van der Waals surface area contributed by atoms with E-state index in [0.717, 1.165) is 66.9 Å². The minimum atomic E-state index is -0.0302. The quantitative estimate of drug-likeness (QED) is 0.175. The van der Waals surface area contributed by atoms with Crippen molar-refractivity contribution in [2.75, 3.05) is 36.4 Å². The van der Waals surface area contributed by atoms with Crippen LogP contribution in [0.25, 0.3) is 33.1 Å². The molecule has 1 saturated carbocycles. The van der Waals surface area contributed by atoms with Crippen molar-refractivity contribution in [2.45, 2.75) is 86.6 Å². The van der Waals surface area contributed by atoms with Gasteiger partial charge in [0, 0.05) is 63.9 Å². The third-order valence-corrected chi connectivity index (χ3v) is 8.25. The smallest absolute Gasteiger partial charge is 0.229 e. The SMILES string of the molecule is CC.CC.CC(=O)c1cc2cnc(Nc3ccc(-c4ccc5c(=O)cc(N6CCNCC6)oc5c4)cc3)nc2n1C1CCCC1.CCC.[HH]. The molecule has 2 aliphatic rings. The number of nitrogens with zero attached hydrogens (tertiary/aromatic N) is 4. The topological polar surface area (TPSA) is 105 Å². The second-order valence-corrected chi connectivity index (χ2v) is 11.7. The molecule has 0 radical (unpaired) electrons. The van der Waals surface area contributed by atoms with Crippen molar-refractivity contribution in [3.05, 3.63) is 76.7 Å². The molecule has 2 fully saturated rings. The van der Waals surface area contributed by atoms with Gasteiger partial charge < -0.3 is 24.5 Å². The molecule has 3 aromatic heterocycles. The minimum absolute atomic E-state index is 0. The Balaban J connectivity index is 0.000000760. The lowest BCUT2D eigenvalue weighted by Gasteiger charge is -2.27. The second-order valence-electron chi connectivity index (χ2n) is 11.7. The molecule has 1 aliphatic heterocycles. The predicted octanol–water partition coefficient (Wildman–Crippen LogP) is 9.39. The first-order valence-corrected chi connectivity index (χ1v) is 17.7. The molecular formula is C39H54N6O3. The van der Waals surface area contributed by atoms with Gasteiger partial charge in [-0.3, -0.25) is 9.59 Å². The molecule has 0 spiro atoms. The van der Waals surface area contributed by atoms with Crippen molar-refractivity contribution in [3.8, 4) is 11.1 Å². The number of hydrogen-bond acceptors (Lipinski definition) is 8. The number of aromatic nitrogens is 3. The number of carbonyl (C=O) groups excluding carboxylic acids is 1. The molecule has 9 nitrogen and oxygen atoms in total. The zero-order chi connectivity index (χ0) is 34.6. The molecule has 2 N–H and O–H groups in total. The number of rotatable bonds is 6. The summed E-state index contributed by atoms with van der Waals surface area (Å²) < 4.78 is 8.31. The number of hydrogen-bond donors (Lipinski definition) is 2. The number of carbonyl (C=O) groups is 1. The zero-order valence-corrected chi connectivity index (χ0v) is 29.7. The lowest BCUT2D eigenvalue weighted by atomic mass is 10.0. The average molecular weight is 655 g/mol. The van der Waals surface area contributed by atoms with Crippen LogP contribution in [0, 0.1) is 0 Å². The van der Waals surface area contributed by atoms with Crippen LogP contribution in [0.5, 0.6) is 0 Å². The minimum Gasteiger partial charge on any atom is -0.440 e. The molecule has 0 bridgehead atoms. The Labute approximate surface area is 286 Å². The van der Waals surface area contributed by atoms with E-state index in [1.165, 1.54) is 19.3 Å². The number of benzene rings is 2. The van der Waals surface area contributed by atoms with Gasteiger partial charge >= 0.3 is 0 Å². The van der Waals surface area contributed by atoms with Gasteiger partial charge in [-0.25, -0.2) is 4.98 Å². The Morgan fingerprint density at radius 1 is 0.958 bits per heavy atom. The fourth-order valence-corrected chi connectivity index (χ4v) is 6.11. The van der Waals surface area contributed by atoms with Crippen LogP contribution in [-0.2, 0) is 0 Å². The summed E-state index contributed by atoms with van der Waals surface area (Å²) in [6, 6.07) is 17.5. The van der Waals surface area contributed by atoms with Crippen molar-refractivity contribution in [1.82, 2.24) is 19.9 Å². The van der Waals surface area contributed by atoms with Crippen LogP contribution >= 0.6 is 0 Å². The van der Waals surface area contributed by atoms with E-state index in [4.69, 9.17) is 9.40 Å². The van der Waals surface area contributed by atoms with E-state index in [1.54, 1.807) is 19.2 Å². The largest absolute Gasteiger partial charge is 0.440 e. The van der Waals surface area contributed by atoms with Crippen LogP contribution < -0.4 is 21.0 Å². The average Bonchev–Trinajstić information content (AvgIpc) is 3.79. The summed E-state index contributed by atoms with van der Waals surface area (Å²) in [6.45, 7) is 17.2. The van der Waals surface area contributed by atoms with Gasteiger partial charge in [-0.15, -0.1) is 0 Å². The summed E-state index contributed by atoms with van der Waals surface area (Å²) in [5, 5.41) is 8.10. The van der Waals surface area contributed by atoms with Crippen molar-refractivity contribution < 1.29 is 10.6 Å². The number of nitrogens with one attached hydrogen (secondary N) is 2. The van der Waals surface area contributed by atoms with Gasteiger partial charge in [-0.1, -0.05) is 79.0 Å². The third kappa shape index (κ3) is 8.31. The molecular weight excluding hydrogens is 600 g/mol. The number of Topliss-reactive ketones (excluding diaryl/α,β-unsaturated/α-hetero) is 1. The highest BCUT2D eigenvalue weighted by molar-refractivity contribution is 5.98. The van der Waals surface area contributed by atoms with Gasteiger partial charge in [0.2, 0.25) is 5.95 Å². The molecule has 48 heavy (non-hydrogen) atoms. The maximum Gasteiger partial charge on any atom is 0.229 e. The number of anilines is 3. The van der Waals surface area contributed by atoms with Crippen LogP contribution in [-0.4, -0.2) is 46.5 Å². The first kappa shape index (κ1) is 36.3.